The lowest BCUT2D eigenvalue weighted by atomic mass is 10.0. The highest BCUT2D eigenvalue weighted by molar-refractivity contribution is 7.89. The highest BCUT2D eigenvalue weighted by Gasteiger charge is 2.38. The van der Waals surface area contributed by atoms with Crippen LogP contribution in [0.3, 0.4) is 0 Å². The van der Waals surface area contributed by atoms with Gasteiger partial charge in [0.05, 0.1) is 5.69 Å². The number of amides is 1. The summed E-state index contributed by atoms with van der Waals surface area (Å²) >= 11 is 1.13. The third-order valence-electron chi connectivity index (χ3n) is 5.70. The number of rotatable bonds is 5. The van der Waals surface area contributed by atoms with Crippen LogP contribution in [0.25, 0.3) is 11.3 Å². The van der Waals surface area contributed by atoms with Gasteiger partial charge in [-0.1, -0.05) is 18.6 Å². The predicted octanol–water partition coefficient (Wildman–Crippen LogP) is 4.72. The van der Waals surface area contributed by atoms with Crippen LogP contribution in [0, 0.1) is 6.92 Å². The van der Waals surface area contributed by atoms with Gasteiger partial charge in [0.2, 0.25) is 10.0 Å². The van der Waals surface area contributed by atoms with Gasteiger partial charge >= 0.3 is 0 Å². The first-order valence-electron chi connectivity index (χ1n) is 10.6. The topological polar surface area (TPSA) is 92.3 Å². The third-order valence-corrected chi connectivity index (χ3v) is 8.91. The molecule has 0 aliphatic carbocycles. The highest BCUT2D eigenvalue weighted by atomic mass is 32.2. The van der Waals surface area contributed by atoms with Crippen LogP contribution in [0.15, 0.2) is 52.9 Å². The van der Waals surface area contributed by atoms with Gasteiger partial charge in [-0.3, -0.25) is 4.79 Å². The molecule has 1 saturated heterocycles. The Morgan fingerprint density at radius 3 is 2.62 bits per heavy atom. The summed E-state index contributed by atoms with van der Waals surface area (Å²) < 4.78 is 28.5. The van der Waals surface area contributed by atoms with Gasteiger partial charge in [-0.15, -0.1) is 11.3 Å². The van der Waals surface area contributed by atoms with Crippen LogP contribution >= 0.6 is 11.3 Å². The number of nitrogens with one attached hydrogen (secondary N) is 1. The maximum atomic E-state index is 13.5. The molecule has 0 bridgehead atoms. The van der Waals surface area contributed by atoms with E-state index in [9.17, 15) is 13.2 Å². The lowest BCUT2D eigenvalue weighted by molar-refractivity contribution is 0.102. The van der Waals surface area contributed by atoms with Gasteiger partial charge in [-0.05, 0) is 63.3 Å². The Morgan fingerprint density at radius 2 is 1.91 bits per heavy atom. The minimum atomic E-state index is -3.77. The van der Waals surface area contributed by atoms with E-state index in [0.717, 1.165) is 41.9 Å². The number of thiophene rings is 1. The second-order valence-corrected chi connectivity index (χ2v) is 10.8. The van der Waals surface area contributed by atoms with Crippen molar-refractivity contribution < 1.29 is 13.2 Å². The first-order chi connectivity index (χ1) is 15.3. The lowest BCUT2D eigenvalue weighted by Gasteiger charge is -2.37. The summed E-state index contributed by atoms with van der Waals surface area (Å²) in [6.45, 7) is 5.68. The number of hydrogen-bond donors (Lipinski definition) is 1. The van der Waals surface area contributed by atoms with Crippen molar-refractivity contribution in [2.24, 2.45) is 0 Å². The Balaban J connectivity index is 1.60. The number of benzene rings is 1. The Morgan fingerprint density at radius 1 is 1.16 bits per heavy atom. The summed E-state index contributed by atoms with van der Waals surface area (Å²) in [5.74, 6) is 0.221. The van der Waals surface area contributed by atoms with E-state index in [1.807, 2.05) is 39.0 Å². The molecule has 2 aromatic heterocycles. The second kappa shape index (κ2) is 9.09. The zero-order valence-electron chi connectivity index (χ0n) is 18.3. The van der Waals surface area contributed by atoms with Gasteiger partial charge in [0.15, 0.2) is 0 Å². The van der Waals surface area contributed by atoms with E-state index in [1.54, 1.807) is 28.0 Å². The molecule has 4 rings (SSSR count). The molecule has 1 aliphatic heterocycles. The summed E-state index contributed by atoms with van der Waals surface area (Å²) in [7, 11) is -3.77. The van der Waals surface area contributed by atoms with E-state index in [4.69, 9.17) is 0 Å². The fraction of sp³-hybridized carbons (Fsp3) is 0.348. The molecule has 1 aliphatic rings. The molecule has 3 aromatic rings. The highest BCUT2D eigenvalue weighted by Crippen LogP contribution is 2.33. The Kier molecular flexibility index (Phi) is 6.41. The molecule has 9 heteroatoms. The van der Waals surface area contributed by atoms with E-state index in [-0.39, 0.29) is 21.9 Å². The van der Waals surface area contributed by atoms with Crippen LogP contribution in [0.5, 0.6) is 0 Å². The summed E-state index contributed by atoms with van der Waals surface area (Å²) in [6, 6.07) is 10.5. The van der Waals surface area contributed by atoms with Crippen LogP contribution < -0.4 is 5.32 Å². The number of aryl methyl sites for hydroxylation is 1. The number of carbonyl (C=O) groups excluding carboxylic acids is 1. The van der Waals surface area contributed by atoms with Crippen molar-refractivity contribution in [1.29, 1.82) is 0 Å². The maximum absolute atomic E-state index is 13.5. The molecule has 1 aromatic carbocycles. The Labute approximate surface area is 192 Å². The van der Waals surface area contributed by atoms with Crippen LogP contribution in [0.4, 0.5) is 5.69 Å². The van der Waals surface area contributed by atoms with Crippen LogP contribution in [-0.2, 0) is 10.0 Å². The zero-order valence-corrected chi connectivity index (χ0v) is 19.9. The number of nitrogens with zero attached hydrogens (tertiary/aromatic N) is 3. The number of carbonyl (C=O) groups is 1. The molecule has 0 unspecified atom stereocenters. The molecule has 168 valence electrons. The zero-order chi connectivity index (χ0) is 22.9. The number of anilines is 1. The van der Waals surface area contributed by atoms with Gasteiger partial charge in [-0.25, -0.2) is 18.4 Å². The van der Waals surface area contributed by atoms with Crippen molar-refractivity contribution in [1.82, 2.24) is 14.3 Å². The van der Waals surface area contributed by atoms with Gasteiger partial charge in [0.25, 0.3) is 5.91 Å². The largest absolute Gasteiger partial charge is 0.321 e. The number of piperidine rings is 1. The number of hydrogen-bond acceptors (Lipinski definition) is 6. The summed E-state index contributed by atoms with van der Waals surface area (Å²) in [6.07, 6.45) is 4.34. The standard InChI is InChI=1S/C23H26N4O3S2/c1-15-6-4-7-16(2)27(15)32(29,30)21-11-13-31-22(21)23(28)26-19-9-5-8-18(14-19)20-10-12-24-17(3)25-20/h5,8-16H,4,6-7H2,1-3H3,(H,26,28)/t15-,16+. The van der Waals surface area contributed by atoms with E-state index >= 15 is 0 Å². The molecular weight excluding hydrogens is 444 g/mol. The molecule has 7 nitrogen and oxygen atoms in total. The van der Waals surface area contributed by atoms with Crippen molar-refractivity contribution in [3.8, 4) is 11.3 Å². The normalized spacial score (nSPS) is 19.6. The number of sulfonamides is 1. The Hall–Kier alpha value is -2.62. The van der Waals surface area contributed by atoms with Crippen molar-refractivity contribution in [3.63, 3.8) is 0 Å². The second-order valence-electron chi connectivity index (χ2n) is 8.10. The molecule has 3 heterocycles. The van der Waals surface area contributed by atoms with Gasteiger partial charge in [0, 0.05) is 29.5 Å². The minimum Gasteiger partial charge on any atom is -0.321 e. The van der Waals surface area contributed by atoms with E-state index in [2.05, 4.69) is 15.3 Å². The van der Waals surface area contributed by atoms with Crippen molar-refractivity contribution in [3.05, 3.63) is 58.7 Å². The average molecular weight is 471 g/mol. The SMILES string of the molecule is Cc1nccc(-c2cccc(NC(=O)c3sccc3S(=O)(=O)N3[C@H](C)CCC[C@@H]3C)c2)n1. The molecule has 0 saturated carbocycles. The summed E-state index contributed by atoms with van der Waals surface area (Å²) in [5.41, 5.74) is 2.16. The van der Waals surface area contributed by atoms with E-state index in [1.165, 1.54) is 6.07 Å². The fourth-order valence-corrected chi connectivity index (χ4v) is 7.39. The molecule has 1 fully saturated rings. The molecule has 0 spiro atoms. The molecule has 1 N–H and O–H groups in total. The lowest BCUT2D eigenvalue weighted by Crippen LogP contribution is -2.47. The third kappa shape index (κ3) is 4.46. The molecule has 1 amide bonds. The van der Waals surface area contributed by atoms with E-state index < -0.39 is 15.9 Å². The monoisotopic (exact) mass is 470 g/mol. The van der Waals surface area contributed by atoms with Gasteiger partial charge < -0.3 is 5.32 Å². The van der Waals surface area contributed by atoms with Gasteiger partial charge in [0.1, 0.15) is 15.6 Å². The van der Waals surface area contributed by atoms with Crippen molar-refractivity contribution >= 4 is 33.0 Å². The van der Waals surface area contributed by atoms with Crippen molar-refractivity contribution in [2.75, 3.05) is 5.32 Å². The predicted molar refractivity (Wildman–Crippen MR) is 126 cm³/mol. The quantitative estimate of drug-likeness (QED) is 0.583. The first-order valence-corrected chi connectivity index (χ1v) is 12.9. The van der Waals surface area contributed by atoms with Crippen LogP contribution in [0.2, 0.25) is 0 Å². The van der Waals surface area contributed by atoms with Crippen LogP contribution in [-0.4, -0.2) is 40.7 Å². The van der Waals surface area contributed by atoms with Gasteiger partial charge in [-0.2, -0.15) is 4.31 Å². The van der Waals surface area contributed by atoms with E-state index in [0.29, 0.717) is 11.5 Å². The fourth-order valence-electron chi connectivity index (χ4n) is 4.21. The maximum Gasteiger partial charge on any atom is 0.267 e. The smallest absolute Gasteiger partial charge is 0.267 e. The number of aromatic nitrogens is 2. The average Bonchev–Trinajstić information content (AvgIpc) is 3.25. The van der Waals surface area contributed by atoms with Crippen molar-refractivity contribution in [2.45, 2.75) is 57.0 Å². The molecule has 0 radical (unpaired) electrons. The summed E-state index contributed by atoms with van der Waals surface area (Å²) in [4.78, 5) is 21.9. The summed E-state index contributed by atoms with van der Waals surface area (Å²) in [5, 5.41) is 4.51. The Bertz CT molecular complexity index is 1230. The minimum absolute atomic E-state index is 0.0724. The van der Waals surface area contributed by atoms with Crippen LogP contribution in [0.1, 0.15) is 48.6 Å². The molecule has 32 heavy (non-hydrogen) atoms. The molecular formula is C23H26N4O3S2. The first kappa shape index (κ1) is 22.6. The molecule has 2 atom stereocenters.